The summed E-state index contributed by atoms with van der Waals surface area (Å²) in [6, 6.07) is 10.4. The van der Waals surface area contributed by atoms with E-state index in [0.29, 0.717) is 35.2 Å². The first-order valence-corrected chi connectivity index (χ1v) is 10.8. The lowest BCUT2D eigenvalue weighted by atomic mass is 10.2. The maximum atomic E-state index is 12.8. The van der Waals surface area contributed by atoms with E-state index in [4.69, 9.17) is 14.2 Å². The van der Waals surface area contributed by atoms with E-state index in [2.05, 4.69) is 5.32 Å². The number of sulfonamides is 1. The van der Waals surface area contributed by atoms with Crippen LogP contribution in [0.2, 0.25) is 0 Å². The van der Waals surface area contributed by atoms with Crippen LogP contribution in [0.25, 0.3) is 0 Å². The number of rotatable bonds is 9. The van der Waals surface area contributed by atoms with Gasteiger partial charge in [0.1, 0.15) is 23.3 Å². The standard InChI is InChI=1S/C20H26N2O6S/c1-6-28-16-9-7-15(8-10-16)22(29(5,24)25)14(2)20(23)21-18-12-11-17(26-3)13-19(18)27-4/h7-14H,6H2,1-5H3,(H,21,23)/t14-/m0/s1. The van der Waals surface area contributed by atoms with E-state index >= 15 is 0 Å². The van der Waals surface area contributed by atoms with Crippen LogP contribution in [0.1, 0.15) is 13.8 Å². The Labute approximate surface area is 171 Å². The molecule has 158 valence electrons. The zero-order valence-corrected chi connectivity index (χ0v) is 17.9. The first-order chi connectivity index (χ1) is 13.7. The summed E-state index contributed by atoms with van der Waals surface area (Å²) in [5.41, 5.74) is 0.769. The average molecular weight is 423 g/mol. The zero-order valence-electron chi connectivity index (χ0n) is 17.1. The topological polar surface area (TPSA) is 94.2 Å². The van der Waals surface area contributed by atoms with Crippen molar-refractivity contribution >= 4 is 27.3 Å². The van der Waals surface area contributed by atoms with Gasteiger partial charge in [0.2, 0.25) is 15.9 Å². The molecule has 1 atom stereocenters. The summed E-state index contributed by atoms with van der Waals surface area (Å²) in [6.07, 6.45) is 1.06. The molecule has 2 aromatic rings. The van der Waals surface area contributed by atoms with Gasteiger partial charge < -0.3 is 19.5 Å². The molecule has 29 heavy (non-hydrogen) atoms. The summed E-state index contributed by atoms with van der Waals surface area (Å²) in [7, 11) is -0.733. The van der Waals surface area contributed by atoms with Crippen molar-refractivity contribution in [3.05, 3.63) is 42.5 Å². The number of amides is 1. The fraction of sp³-hybridized carbons (Fsp3) is 0.350. The highest BCUT2D eigenvalue weighted by Crippen LogP contribution is 2.30. The number of ether oxygens (including phenoxy) is 3. The van der Waals surface area contributed by atoms with E-state index in [9.17, 15) is 13.2 Å². The quantitative estimate of drug-likeness (QED) is 0.668. The van der Waals surface area contributed by atoms with E-state index in [1.807, 2.05) is 6.92 Å². The molecule has 0 fully saturated rings. The largest absolute Gasteiger partial charge is 0.497 e. The van der Waals surface area contributed by atoms with E-state index < -0.39 is 22.0 Å². The number of nitrogens with zero attached hydrogens (tertiary/aromatic N) is 1. The summed E-state index contributed by atoms with van der Waals surface area (Å²) in [5.74, 6) is 1.08. The monoisotopic (exact) mass is 422 g/mol. The van der Waals surface area contributed by atoms with E-state index in [1.165, 1.54) is 21.1 Å². The Morgan fingerprint density at radius 3 is 2.21 bits per heavy atom. The van der Waals surface area contributed by atoms with Gasteiger partial charge in [-0.15, -0.1) is 0 Å². The average Bonchev–Trinajstić information content (AvgIpc) is 2.68. The maximum Gasteiger partial charge on any atom is 0.248 e. The second-order valence-electron chi connectivity index (χ2n) is 6.22. The number of anilines is 2. The normalized spacial score (nSPS) is 12.0. The highest BCUT2D eigenvalue weighted by molar-refractivity contribution is 7.92. The molecule has 0 spiro atoms. The fourth-order valence-electron chi connectivity index (χ4n) is 2.80. The molecule has 0 saturated heterocycles. The Morgan fingerprint density at radius 2 is 1.69 bits per heavy atom. The molecule has 0 unspecified atom stereocenters. The molecule has 0 aliphatic heterocycles. The highest BCUT2D eigenvalue weighted by Gasteiger charge is 2.29. The van der Waals surface area contributed by atoms with Gasteiger partial charge in [-0.3, -0.25) is 9.10 Å². The van der Waals surface area contributed by atoms with Crippen LogP contribution >= 0.6 is 0 Å². The van der Waals surface area contributed by atoms with E-state index in [0.717, 1.165) is 10.6 Å². The zero-order chi connectivity index (χ0) is 21.6. The van der Waals surface area contributed by atoms with Gasteiger partial charge >= 0.3 is 0 Å². The van der Waals surface area contributed by atoms with Crippen molar-refractivity contribution in [2.45, 2.75) is 19.9 Å². The van der Waals surface area contributed by atoms with Crippen LogP contribution in [0.3, 0.4) is 0 Å². The lowest BCUT2D eigenvalue weighted by Gasteiger charge is -2.28. The molecule has 2 rings (SSSR count). The Kier molecular flexibility index (Phi) is 7.33. The predicted molar refractivity (Wildman–Crippen MR) is 113 cm³/mol. The van der Waals surface area contributed by atoms with Crippen LogP contribution in [0.4, 0.5) is 11.4 Å². The van der Waals surface area contributed by atoms with Crippen molar-refractivity contribution in [1.82, 2.24) is 0 Å². The number of carbonyl (C=O) groups excluding carboxylic acids is 1. The highest BCUT2D eigenvalue weighted by atomic mass is 32.2. The third kappa shape index (κ3) is 5.54. The lowest BCUT2D eigenvalue weighted by Crippen LogP contribution is -2.45. The Morgan fingerprint density at radius 1 is 1.07 bits per heavy atom. The SMILES string of the molecule is CCOc1ccc(N([C@@H](C)C(=O)Nc2ccc(OC)cc2OC)S(C)(=O)=O)cc1. The number of methoxy groups -OCH3 is 2. The Bertz CT molecular complexity index is 944. The summed E-state index contributed by atoms with van der Waals surface area (Å²) in [6.45, 7) is 3.87. The van der Waals surface area contributed by atoms with Crippen molar-refractivity contribution in [1.29, 1.82) is 0 Å². The number of hydrogen-bond acceptors (Lipinski definition) is 6. The van der Waals surface area contributed by atoms with Crippen LogP contribution in [0.5, 0.6) is 17.2 Å². The minimum absolute atomic E-state index is 0.361. The molecule has 1 N–H and O–H groups in total. The summed E-state index contributed by atoms with van der Waals surface area (Å²) < 4.78 is 41.7. The van der Waals surface area contributed by atoms with Gasteiger partial charge in [-0.2, -0.15) is 0 Å². The Balaban J connectivity index is 2.30. The molecule has 9 heteroatoms. The van der Waals surface area contributed by atoms with Crippen molar-refractivity contribution < 1.29 is 27.4 Å². The second kappa shape index (κ2) is 9.51. The number of carbonyl (C=O) groups is 1. The van der Waals surface area contributed by atoms with Crippen molar-refractivity contribution in [3.63, 3.8) is 0 Å². The van der Waals surface area contributed by atoms with Gasteiger partial charge in [0, 0.05) is 6.07 Å². The number of nitrogens with one attached hydrogen (secondary N) is 1. The van der Waals surface area contributed by atoms with Crippen LogP contribution in [0, 0.1) is 0 Å². The van der Waals surface area contributed by atoms with Gasteiger partial charge in [-0.05, 0) is 50.2 Å². The smallest absolute Gasteiger partial charge is 0.248 e. The third-order valence-corrected chi connectivity index (χ3v) is 5.40. The lowest BCUT2D eigenvalue weighted by molar-refractivity contribution is -0.116. The first-order valence-electron chi connectivity index (χ1n) is 8.96. The van der Waals surface area contributed by atoms with Crippen LogP contribution in [-0.4, -0.2) is 47.4 Å². The molecule has 8 nitrogen and oxygen atoms in total. The van der Waals surface area contributed by atoms with Gasteiger partial charge in [-0.25, -0.2) is 8.42 Å². The predicted octanol–water partition coefficient (Wildman–Crippen LogP) is 2.90. The molecule has 0 radical (unpaired) electrons. The van der Waals surface area contributed by atoms with Crippen LogP contribution < -0.4 is 23.8 Å². The summed E-state index contributed by atoms with van der Waals surface area (Å²) in [4.78, 5) is 12.8. The van der Waals surface area contributed by atoms with Gasteiger partial charge in [0.25, 0.3) is 0 Å². The van der Waals surface area contributed by atoms with Gasteiger partial charge in [0.05, 0.1) is 38.5 Å². The molecular weight excluding hydrogens is 396 g/mol. The minimum atomic E-state index is -3.73. The molecule has 0 heterocycles. The molecular formula is C20H26N2O6S. The van der Waals surface area contributed by atoms with Crippen LogP contribution in [-0.2, 0) is 14.8 Å². The van der Waals surface area contributed by atoms with E-state index in [1.54, 1.807) is 42.5 Å². The van der Waals surface area contributed by atoms with Crippen molar-refractivity contribution in [3.8, 4) is 17.2 Å². The number of hydrogen-bond donors (Lipinski definition) is 1. The summed E-state index contributed by atoms with van der Waals surface area (Å²) >= 11 is 0. The molecule has 0 aliphatic carbocycles. The summed E-state index contributed by atoms with van der Waals surface area (Å²) in [5, 5.41) is 2.72. The molecule has 0 saturated carbocycles. The minimum Gasteiger partial charge on any atom is -0.497 e. The Hall–Kier alpha value is -2.94. The molecule has 0 aliphatic rings. The third-order valence-electron chi connectivity index (χ3n) is 4.16. The molecule has 0 aromatic heterocycles. The van der Waals surface area contributed by atoms with Crippen molar-refractivity contribution in [2.24, 2.45) is 0 Å². The number of benzene rings is 2. The molecule has 0 bridgehead atoms. The fourth-order valence-corrected chi connectivity index (χ4v) is 3.98. The second-order valence-corrected chi connectivity index (χ2v) is 8.08. The van der Waals surface area contributed by atoms with E-state index in [-0.39, 0.29) is 0 Å². The molecule has 2 aromatic carbocycles. The first kappa shape index (κ1) is 22.4. The maximum absolute atomic E-state index is 12.8. The van der Waals surface area contributed by atoms with Crippen LogP contribution in [0.15, 0.2) is 42.5 Å². The van der Waals surface area contributed by atoms with Gasteiger partial charge in [0.15, 0.2) is 0 Å². The van der Waals surface area contributed by atoms with Crippen molar-refractivity contribution in [2.75, 3.05) is 36.7 Å². The van der Waals surface area contributed by atoms with Gasteiger partial charge in [-0.1, -0.05) is 0 Å². The molecule has 1 amide bonds.